The van der Waals surface area contributed by atoms with Gasteiger partial charge in [0, 0.05) is 18.8 Å². The van der Waals surface area contributed by atoms with E-state index in [-0.39, 0.29) is 11.5 Å². The van der Waals surface area contributed by atoms with E-state index in [1.165, 1.54) is 11.9 Å². The highest BCUT2D eigenvalue weighted by Gasteiger charge is 2.34. The average Bonchev–Trinajstić information content (AvgIpc) is 2.80. The highest BCUT2D eigenvalue weighted by molar-refractivity contribution is 7.91. The van der Waals surface area contributed by atoms with Gasteiger partial charge in [-0.25, -0.2) is 8.42 Å². The van der Waals surface area contributed by atoms with Crippen LogP contribution in [0.3, 0.4) is 0 Å². The molecule has 1 atom stereocenters. The fraction of sp³-hybridized carbons (Fsp3) is 0.467. The van der Waals surface area contributed by atoms with Gasteiger partial charge in [-0.05, 0) is 31.9 Å². The molecule has 1 aliphatic heterocycles. The summed E-state index contributed by atoms with van der Waals surface area (Å²) >= 11 is 0. The summed E-state index contributed by atoms with van der Waals surface area (Å²) < 4.78 is 22.9. The van der Waals surface area contributed by atoms with Crippen molar-refractivity contribution in [3.63, 3.8) is 0 Å². The van der Waals surface area contributed by atoms with Gasteiger partial charge >= 0.3 is 11.8 Å². The van der Waals surface area contributed by atoms with E-state index < -0.39 is 27.7 Å². The summed E-state index contributed by atoms with van der Waals surface area (Å²) in [5.41, 5.74) is 2.51. The first-order valence-corrected chi connectivity index (χ1v) is 8.87. The third-order valence-corrected chi connectivity index (χ3v) is 5.65. The standard InChI is InChI=1S/C15H20N2O4S/c1-10-4-5-13(11(2)8-10)16-14(18)15(19)17(3)12-6-7-22(20,21)9-12/h4-5,8,12H,6-7,9H2,1-3H3,(H,16,18). The molecule has 1 N–H and O–H groups in total. The molecule has 0 spiro atoms. The van der Waals surface area contributed by atoms with Crippen molar-refractivity contribution in [2.24, 2.45) is 0 Å². The van der Waals surface area contributed by atoms with Crippen LogP contribution in [-0.2, 0) is 19.4 Å². The Morgan fingerprint density at radius 3 is 2.50 bits per heavy atom. The van der Waals surface area contributed by atoms with E-state index in [0.717, 1.165) is 11.1 Å². The van der Waals surface area contributed by atoms with Crippen LogP contribution in [0.25, 0.3) is 0 Å². The highest BCUT2D eigenvalue weighted by atomic mass is 32.2. The molecule has 2 rings (SSSR count). The number of nitrogens with one attached hydrogen (secondary N) is 1. The topological polar surface area (TPSA) is 83.6 Å². The van der Waals surface area contributed by atoms with E-state index in [1.807, 2.05) is 26.0 Å². The van der Waals surface area contributed by atoms with Crippen molar-refractivity contribution >= 4 is 27.3 Å². The number of amides is 2. The molecule has 7 heteroatoms. The van der Waals surface area contributed by atoms with Gasteiger partial charge in [0.05, 0.1) is 11.5 Å². The van der Waals surface area contributed by atoms with Gasteiger partial charge in [-0.1, -0.05) is 17.7 Å². The first-order chi connectivity index (χ1) is 10.2. The van der Waals surface area contributed by atoms with Crippen molar-refractivity contribution in [3.8, 4) is 0 Å². The maximum atomic E-state index is 12.1. The van der Waals surface area contributed by atoms with Crippen LogP contribution in [0.1, 0.15) is 17.5 Å². The summed E-state index contributed by atoms with van der Waals surface area (Å²) in [6, 6.07) is 5.08. The van der Waals surface area contributed by atoms with Gasteiger partial charge in [-0.2, -0.15) is 0 Å². The van der Waals surface area contributed by atoms with E-state index >= 15 is 0 Å². The molecule has 6 nitrogen and oxygen atoms in total. The van der Waals surface area contributed by atoms with E-state index in [1.54, 1.807) is 6.07 Å². The zero-order chi connectivity index (χ0) is 16.5. The summed E-state index contributed by atoms with van der Waals surface area (Å²) in [5.74, 6) is -1.49. The Kier molecular flexibility index (Phi) is 4.55. The summed E-state index contributed by atoms with van der Waals surface area (Å²) in [6.45, 7) is 3.79. The number of aryl methyl sites for hydroxylation is 2. The predicted molar refractivity (Wildman–Crippen MR) is 84.4 cm³/mol. The maximum Gasteiger partial charge on any atom is 0.313 e. The quantitative estimate of drug-likeness (QED) is 0.819. The van der Waals surface area contributed by atoms with Gasteiger partial charge in [0.25, 0.3) is 0 Å². The van der Waals surface area contributed by atoms with Crippen LogP contribution < -0.4 is 5.32 Å². The number of anilines is 1. The Bertz CT molecular complexity index is 712. The second-order valence-electron chi connectivity index (χ2n) is 5.75. The second kappa shape index (κ2) is 6.08. The van der Waals surface area contributed by atoms with E-state index in [9.17, 15) is 18.0 Å². The van der Waals surface area contributed by atoms with Crippen molar-refractivity contribution in [1.29, 1.82) is 0 Å². The number of carbonyl (C=O) groups is 2. The smallest absolute Gasteiger partial charge is 0.313 e. The Morgan fingerprint density at radius 1 is 1.27 bits per heavy atom. The number of hydrogen-bond donors (Lipinski definition) is 1. The maximum absolute atomic E-state index is 12.1. The molecule has 0 aliphatic carbocycles. The first kappa shape index (κ1) is 16.5. The molecule has 1 fully saturated rings. The predicted octanol–water partition coefficient (Wildman–Crippen LogP) is 0.887. The molecule has 1 heterocycles. The van der Waals surface area contributed by atoms with Crippen molar-refractivity contribution in [2.45, 2.75) is 26.3 Å². The molecule has 1 aromatic rings. The van der Waals surface area contributed by atoms with Gasteiger partial charge in [0.1, 0.15) is 0 Å². The van der Waals surface area contributed by atoms with Gasteiger partial charge in [-0.15, -0.1) is 0 Å². The lowest BCUT2D eigenvalue weighted by Crippen LogP contribution is -2.44. The molecule has 1 aromatic carbocycles. The number of nitrogens with zero attached hydrogens (tertiary/aromatic N) is 1. The number of likely N-dealkylation sites (N-methyl/N-ethyl adjacent to an activating group) is 1. The Morgan fingerprint density at radius 2 is 1.95 bits per heavy atom. The molecular formula is C15H20N2O4S. The van der Waals surface area contributed by atoms with Crippen LogP contribution >= 0.6 is 0 Å². The fourth-order valence-electron chi connectivity index (χ4n) is 2.54. The van der Waals surface area contributed by atoms with Crippen LogP contribution in [0.5, 0.6) is 0 Å². The molecule has 120 valence electrons. The SMILES string of the molecule is Cc1ccc(NC(=O)C(=O)N(C)C2CCS(=O)(=O)C2)c(C)c1. The molecule has 2 amide bonds. The molecule has 1 unspecified atom stereocenters. The van der Waals surface area contributed by atoms with Gasteiger partial charge in [-0.3, -0.25) is 9.59 Å². The van der Waals surface area contributed by atoms with E-state index in [4.69, 9.17) is 0 Å². The summed E-state index contributed by atoms with van der Waals surface area (Å²) in [7, 11) is -1.63. The lowest BCUT2D eigenvalue weighted by molar-refractivity contribution is -0.143. The lowest BCUT2D eigenvalue weighted by Gasteiger charge is -2.22. The molecule has 22 heavy (non-hydrogen) atoms. The normalized spacial score (nSPS) is 19.7. The van der Waals surface area contributed by atoms with Crippen molar-refractivity contribution < 1.29 is 18.0 Å². The van der Waals surface area contributed by atoms with E-state index in [2.05, 4.69) is 5.32 Å². The van der Waals surface area contributed by atoms with Crippen LogP contribution in [0.4, 0.5) is 5.69 Å². The molecule has 0 radical (unpaired) electrons. The Balaban J connectivity index is 2.04. The third-order valence-electron chi connectivity index (χ3n) is 3.90. The molecular weight excluding hydrogens is 304 g/mol. The number of carbonyl (C=O) groups excluding carboxylic acids is 2. The molecule has 1 saturated heterocycles. The Labute approximate surface area is 130 Å². The van der Waals surface area contributed by atoms with Crippen LogP contribution in [-0.4, -0.2) is 49.7 Å². The second-order valence-corrected chi connectivity index (χ2v) is 7.97. The monoisotopic (exact) mass is 324 g/mol. The summed E-state index contributed by atoms with van der Waals surface area (Å²) in [5, 5.41) is 2.58. The number of hydrogen-bond acceptors (Lipinski definition) is 4. The van der Waals surface area contributed by atoms with Crippen molar-refractivity contribution in [2.75, 3.05) is 23.9 Å². The average molecular weight is 324 g/mol. The van der Waals surface area contributed by atoms with E-state index in [0.29, 0.717) is 12.1 Å². The van der Waals surface area contributed by atoms with Crippen LogP contribution in [0, 0.1) is 13.8 Å². The minimum atomic E-state index is -3.10. The third kappa shape index (κ3) is 3.65. The largest absolute Gasteiger partial charge is 0.333 e. The zero-order valence-corrected chi connectivity index (χ0v) is 13.7. The number of rotatable bonds is 2. The van der Waals surface area contributed by atoms with Gasteiger partial charge in [0.15, 0.2) is 9.84 Å². The van der Waals surface area contributed by atoms with Crippen LogP contribution in [0.2, 0.25) is 0 Å². The highest BCUT2D eigenvalue weighted by Crippen LogP contribution is 2.18. The first-order valence-electron chi connectivity index (χ1n) is 7.05. The van der Waals surface area contributed by atoms with Crippen molar-refractivity contribution in [3.05, 3.63) is 29.3 Å². The summed E-state index contributed by atoms with van der Waals surface area (Å²) in [4.78, 5) is 25.4. The molecule has 1 aliphatic rings. The van der Waals surface area contributed by atoms with Crippen LogP contribution in [0.15, 0.2) is 18.2 Å². The zero-order valence-electron chi connectivity index (χ0n) is 12.9. The minimum absolute atomic E-state index is 0.0635. The number of benzene rings is 1. The molecule has 0 aromatic heterocycles. The van der Waals surface area contributed by atoms with Crippen molar-refractivity contribution in [1.82, 2.24) is 4.90 Å². The number of sulfone groups is 1. The molecule has 0 bridgehead atoms. The fourth-order valence-corrected chi connectivity index (χ4v) is 4.31. The van der Waals surface area contributed by atoms with Gasteiger partial charge < -0.3 is 10.2 Å². The summed E-state index contributed by atoms with van der Waals surface area (Å²) in [6.07, 6.45) is 0.376. The molecule has 0 saturated carbocycles. The lowest BCUT2D eigenvalue weighted by atomic mass is 10.1. The van der Waals surface area contributed by atoms with Gasteiger partial charge in [0.2, 0.25) is 0 Å². The Hall–Kier alpha value is -1.89. The minimum Gasteiger partial charge on any atom is -0.333 e.